The Morgan fingerprint density at radius 3 is 2.48 bits per heavy atom. The molecule has 0 aliphatic carbocycles. The van der Waals surface area contributed by atoms with E-state index in [1.165, 1.54) is 0 Å². The molecule has 3 heterocycles. The van der Waals surface area contributed by atoms with Crippen LogP contribution in [0.2, 0.25) is 5.02 Å². The van der Waals surface area contributed by atoms with Crippen LogP contribution in [0.3, 0.4) is 0 Å². The lowest BCUT2D eigenvalue weighted by atomic mass is 10.1. The summed E-state index contributed by atoms with van der Waals surface area (Å²) in [5, 5.41) is 1.00. The van der Waals surface area contributed by atoms with Crippen molar-refractivity contribution in [1.29, 1.82) is 0 Å². The normalized spacial score (nSPS) is 11.9. The van der Waals surface area contributed by atoms with E-state index in [9.17, 15) is 18.0 Å². The molecule has 4 aromatic rings. The third kappa shape index (κ3) is 4.22. The number of aromatic nitrogens is 3. The predicted octanol–water partition coefficient (Wildman–Crippen LogP) is 6.51. The Balaban J connectivity index is 1.91. The van der Waals surface area contributed by atoms with Gasteiger partial charge in [-0.1, -0.05) is 30.7 Å². The maximum Gasteiger partial charge on any atom is 0.431 e. The number of fused-ring (bicyclic) bond motifs is 1. The van der Waals surface area contributed by atoms with Crippen molar-refractivity contribution in [3.05, 3.63) is 63.5 Å². The lowest BCUT2D eigenvalue weighted by Crippen LogP contribution is -2.24. The molecule has 0 aliphatic heterocycles. The molecule has 0 atom stereocenters. The molecule has 0 bridgehead atoms. The first-order valence-electron chi connectivity index (χ1n) is 9.17. The van der Waals surface area contributed by atoms with Gasteiger partial charge in [0.15, 0.2) is 0 Å². The van der Waals surface area contributed by atoms with Gasteiger partial charge < -0.3 is 4.57 Å². The van der Waals surface area contributed by atoms with Crippen molar-refractivity contribution in [2.45, 2.75) is 18.0 Å². The van der Waals surface area contributed by atoms with Crippen molar-refractivity contribution < 1.29 is 13.2 Å². The standard InChI is InChI=1S/C21H15ClF3N3OS2/c1-3-30-15-9-8-13(11-4-6-12(22)7-5-11)26-17(15)19-27-14-10-16(21(23,24)25)28(2)20(29)18(14)31-19/h4-10H,3H2,1-2H3. The molecule has 10 heteroatoms. The fraction of sp³-hybridized carbons (Fsp3) is 0.190. The number of hydrogen-bond donors (Lipinski definition) is 0. The fourth-order valence-corrected chi connectivity index (χ4v) is 5.07. The van der Waals surface area contributed by atoms with Crippen molar-refractivity contribution in [2.24, 2.45) is 7.05 Å². The zero-order valence-electron chi connectivity index (χ0n) is 16.3. The van der Waals surface area contributed by atoms with Gasteiger partial charge in [-0.05, 0) is 36.1 Å². The van der Waals surface area contributed by atoms with Crippen LogP contribution in [0.25, 0.3) is 32.2 Å². The molecular weight excluding hydrogens is 467 g/mol. The molecule has 0 spiro atoms. The van der Waals surface area contributed by atoms with E-state index < -0.39 is 17.4 Å². The summed E-state index contributed by atoms with van der Waals surface area (Å²) in [5.74, 6) is 0.778. The quantitative estimate of drug-likeness (QED) is 0.312. The van der Waals surface area contributed by atoms with E-state index in [-0.39, 0.29) is 10.2 Å². The zero-order valence-corrected chi connectivity index (χ0v) is 18.7. The number of halogens is 4. The number of thioether (sulfide) groups is 1. The van der Waals surface area contributed by atoms with Crippen molar-refractivity contribution in [3.63, 3.8) is 0 Å². The van der Waals surface area contributed by atoms with Crippen LogP contribution in [0.4, 0.5) is 13.2 Å². The van der Waals surface area contributed by atoms with Crippen LogP contribution < -0.4 is 5.56 Å². The first-order chi connectivity index (χ1) is 14.7. The van der Waals surface area contributed by atoms with E-state index in [1.54, 1.807) is 23.9 Å². The van der Waals surface area contributed by atoms with Crippen LogP contribution in [-0.2, 0) is 13.2 Å². The van der Waals surface area contributed by atoms with Gasteiger partial charge in [0.1, 0.15) is 21.1 Å². The van der Waals surface area contributed by atoms with Crippen LogP contribution in [0, 0.1) is 0 Å². The van der Waals surface area contributed by atoms with Crippen molar-refractivity contribution >= 4 is 44.9 Å². The number of alkyl halides is 3. The molecular formula is C21H15ClF3N3OS2. The molecule has 0 fully saturated rings. The number of nitrogens with zero attached hydrogens (tertiary/aromatic N) is 3. The Kier molecular flexibility index (Phi) is 5.85. The van der Waals surface area contributed by atoms with Crippen molar-refractivity contribution in [2.75, 3.05) is 5.75 Å². The van der Waals surface area contributed by atoms with Gasteiger partial charge in [-0.15, -0.1) is 23.1 Å². The van der Waals surface area contributed by atoms with Crippen LogP contribution in [0.1, 0.15) is 12.6 Å². The average molecular weight is 482 g/mol. The van der Waals surface area contributed by atoms with Crippen LogP contribution in [0.5, 0.6) is 0 Å². The molecule has 1 aromatic carbocycles. The summed E-state index contributed by atoms with van der Waals surface area (Å²) in [6.07, 6.45) is -4.65. The van der Waals surface area contributed by atoms with E-state index in [1.807, 2.05) is 31.2 Å². The number of thiazole rings is 1. The minimum absolute atomic E-state index is 0.0153. The van der Waals surface area contributed by atoms with Crippen LogP contribution in [0.15, 0.2) is 52.2 Å². The minimum Gasteiger partial charge on any atom is -0.306 e. The number of pyridine rings is 2. The molecule has 0 aliphatic rings. The average Bonchev–Trinajstić information content (AvgIpc) is 3.15. The summed E-state index contributed by atoms with van der Waals surface area (Å²) in [6, 6.07) is 11.9. The Labute approximate surface area is 188 Å². The molecule has 0 radical (unpaired) electrons. The summed E-state index contributed by atoms with van der Waals surface area (Å²) < 4.78 is 40.7. The van der Waals surface area contributed by atoms with Crippen molar-refractivity contribution in [1.82, 2.24) is 14.5 Å². The summed E-state index contributed by atoms with van der Waals surface area (Å²) >= 11 is 8.56. The monoisotopic (exact) mass is 481 g/mol. The zero-order chi connectivity index (χ0) is 22.3. The molecule has 160 valence electrons. The van der Waals surface area contributed by atoms with Gasteiger partial charge in [0.05, 0.1) is 11.2 Å². The van der Waals surface area contributed by atoms with Gasteiger partial charge >= 0.3 is 6.18 Å². The second-order valence-corrected chi connectivity index (χ2v) is 9.35. The van der Waals surface area contributed by atoms with E-state index in [0.29, 0.717) is 26.0 Å². The third-order valence-corrected chi connectivity index (χ3v) is 6.83. The Bertz CT molecular complexity index is 1330. The summed E-state index contributed by atoms with van der Waals surface area (Å²) in [7, 11) is 1.11. The van der Waals surface area contributed by atoms with E-state index in [2.05, 4.69) is 4.98 Å². The maximum atomic E-state index is 13.3. The lowest BCUT2D eigenvalue weighted by molar-refractivity contribution is -0.143. The molecule has 0 saturated carbocycles. The van der Waals surface area contributed by atoms with E-state index in [0.717, 1.165) is 40.7 Å². The Hall–Kier alpha value is -2.36. The first-order valence-corrected chi connectivity index (χ1v) is 11.3. The van der Waals surface area contributed by atoms with Gasteiger partial charge in [0.25, 0.3) is 5.56 Å². The molecule has 3 aromatic heterocycles. The topological polar surface area (TPSA) is 47.8 Å². The maximum absolute atomic E-state index is 13.3. The molecule has 0 saturated heterocycles. The van der Waals surface area contributed by atoms with Gasteiger partial charge in [-0.2, -0.15) is 13.2 Å². The summed E-state index contributed by atoms with van der Waals surface area (Å²) in [6.45, 7) is 1.99. The number of hydrogen-bond acceptors (Lipinski definition) is 5. The number of rotatable bonds is 4. The Morgan fingerprint density at radius 2 is 1.84 bits per heavy atom. The highest BCUT2D eigenvalue weighted by Gasteiger charge is 2.35. The van der Waals surface area contributed by atoms with E-state index in [4.69, 9.17) is 16.6 Å². The number of benzene rings is 1. The smallest absolute Gasteiger partial charge is 0.306 e. The lowest BCUT2D eigenvalue weighted by Gasteiger charge is -2.10. The summed E-state index contributed by atoms with van der Waals surface area (Å²) in [4.78, 5) is 22.5. The first kappa shape index (κ1) is 21.9. The second kappa shape index (κ2) is 8.29. The third-order valence-electron chi connectivity index (χ3n) is 4.58. The highest BCUT2D eigenvalue weighted by Crippen LogP contribution is 2.37. The van der Waals surface area contributed by atoms with Crippen LogP contribution >= 0.6 is 34.7 Å². The van der Waals surface area contributed by atoms with Gasteiger partial charge in [-0.25, -0.2) is 9.97 Å². The molecule has 0 N–H and O–H groups in total. The minimum atomic E-state index is -4.65. The highest BCUT2D eigenvalue weighted by atomic mass is 35.5. The molecule has 0 unspecified atom stereocenters. The van der Waals surface area contributed by atoms with Gasteiger partial charge in [-0.3, -0.25) is 4.79 Å². The largest absolute Gasteiger partial charge is 0.431 e. The molecule has 4 rings (SSSR count). The Morgan fingerprint density at radius 1 is 1.13 bits per heavy atom. The second-order valence-electron chi connectivity index (χ2n) is 6.61. The highest BCUT2D eigenvalue weighted by molar-refractivity contribution is 7.99. The SMILES string of the molecule is CCSc1ccc(-c2ccc(Cl)cc2)nc1-c1nc2cc(C(F)(F)F)n(C)c(=O)c2s1. The summed E-state index contributed by atoms with van der Waals surface area (Å²) in [5.41, 5.74) is 0.308. The molecule has 4 nitrogen and oxygen atoms in total. The molecule has 31 heavy (non-hydrogen) atoms. The van der Waals surface area contributed by atoms with Crippen LogP contribution in [-0.4, -0.2) is 20.3 Å². The predicted molar refractivity (Wildman–Crippen MR) is 120 cm³/mol. The van der Waals surface area contributed by atoms with E-state index >= 15 is 0 Å². The van der Waals surface area contributed by atoms with Gasteiger partial charge in [0.2, 0.25) is 0 Å². The van der Waals surface area contributed by atoms with Gasteiger partial charge in [0, 0.05) is 22.5 Å². The van der Waals surface area contributed by atoms with Crippen molar-refractivity contribution in [3.8, 4) is 22.0 Å². The molecule has 0 amide bonds. The fourth-order valence-electron chi connectivity index (χ4n) is 3.10.